The molecule has 1 fully saturated rings. The Morgan fingerprint density at radius 2 is 1.66 bits per heavy atom. The monoisotopic (exact) mass is 519 g/mol. The van der Waals surface area contributed by atoms with E-state index >= 15 is 0 Å². The van der Waals surface area contributed by atoms with E-state index in [1.54, 1.807) is 31.2 Å². The number of carbonyl (C=O) groups excluding carboxylic acids is 1. The van der Waals surface area contributed by atoms with Crippen LogP contribution < -0.4 is 5.32 Å². The smallest absolute Gasteiger partial charge is 0.325 e. The number of rotatable bonds is 11. The molecule has 2 aromatic carbocycles. The van der Waals surface area contributed by atoms with Crippen molar-refractivity contribution in [3.05, 3.63) is 54.1 Å². The molecular formula is C25H34N3O5PS. The Labute approximate surface area is 211 Å². The van der Waals surface area contributed by atoms with Gasteiger partial charge in [-0.05, 0) is 68.3 Å². The summed E-state index contributed by atoms with van der Waals surface area (Å²) in [5.41, 5.74) is 1.82. The van der Waals surface area contributed by atoms with E-state index in [9.17, 15) is 14.3 Å². The van der Waals surface area contributed by atoms with Crippen molar-refractivity contribution in [2.45, 2.75) is 61.3 Å². The highest BCUT2D eigenvalue weighted by molar-refractivity contribution is 8.00. The van der Waals surface area contributed by atoms with E-state index < -0.39 is 19.7 Å². The lowest BCUT2D eigenvalue weighted by atomic mass is 10.0. The van der Waals surface area contributed by atoms with Crippen LogP contribution in [0, 0.1) is 0 Å². The number of nitrogens with zero attached hydrogens (tertiary/aromatic N) is 2. The maximum atomic E-state index is 12.7. The summed E-state index contributed by atoms with van der Waals surface area (Å²) in [6.07, 6.45) is 5.90. The lowest BCUT2D eigenvalue weighted by molar-refractivity contribution is 0.0702. The minimum absolute atomic E-state index is 0.136. The van der Waals surface area contributed by atoms with E-state index in [1.807, 2.05) is 23.9 Å². The van der Waals surface area contributed by atoms with Crippen LogP contribution >= 0.6 is 19.4 Å². The number of azo groups is 1. The summed E-state index contributed by atoms with van der Waals surface area (Å²) >= 11 is 1.95. The van der Waals surface area contributed by atoms with Crippen molar-refractivity contribution < 1.29 is 23.5 Å². The van der Waals surface area contributed by atoms with Crippen LogP contribution in [0.2, 0.25) is 0 Å². The Morgan fingerprint density at radius 3 is 2.20 bits per heavy atom. The van der Waals surface area contributed by atoms with Crippen molar-refractivity contribution in [1.82, 2.24) is 5.32 Å². The summed E-state index contributed by atoms with van der Waals surface area (Å²) in [5, 5.41) is 12.1. The number of hydrogen-bond donors (Lipinski definition) is 2. The van der Waals surface area contributed by atoms with Gasteiger partial charge >= 0.3 is 7.60 Å². The maximum absolute atomic E-state index is 12.7. The van der Waals surface area contributed by atoms with Crippen molar-refractivity contribution in [2.24, 2.45) is 10.2 Å². The van der Waals surface area contributed by atoms with Crippen LogP contribution in [-0.4, -0.2) is 48.6 Å². The number of carbonyl (C=O) groups is 1. The molecule has 3 atom stereocenters. The lowest BCUT2D eigenvalue weighted by Crippen LogP contribution is -2.45. The molecule has 2 N–H and O–H groups in total. The Balaban J connectivity index is 1.55. The van der Waals surface area contributed by atoms with E-state index in [1.165, 1.54) is 44.1 Å². The molecule has 0 heterocycles. The predicted octanol–water partition coefficient (Wildman–Crippen LogP) is 6.49. The average molecular weight is 520 g/mol. The molecule has 1 saturated carbocycles. The van der Waals surface area contributed by atoms with Gasteiger partial charge in [-0.25, -0.2) is 0 Å². The molecule has 1 unspecified atom stereocenters. The number of hydrogen-bond acceptors (Lipinski definition) is 7. The van der Waals surface area contributed by atoms with E-state index in [4.69, 9.17) is 9.26 Å². The van der Waals surface area contributed by atoms with Crippen LogP contribution in [0.5, 0.6) is 0 Å². The molecule has 1 aliphatic carbocycles. The molecule has 0 radical (unpaired) electrons. The third-order valence-corrected chi connectivity index (χ3v) is 7.77. The molecule has 35 heavy (non-hydrogen) atoms. The van der Waals surface area contributed by atoms with Crippen LogP contribution in [0.4, 0.5) is 11.4 Å². The van der Waals surface area contributed by atoms with Crippen LogP contribution in [0.25, 0.3) is 0 Å². The first-order valence-corrected chi connectivity index (χ1v) is 14.7. The summed E-state index contributed by atoms with van der Waals surface area (Å²) in [5.74, 6) is -0.346. The number of methoxy groups -OCH3 is 1. The summed E-state index contributed by atoms with van der Waals surface area (Å²) in [6, 6.07) is 14.3. The van der Waals surface area contributed by atoms with Gasteiger partial charge in [0.15, 0.2) is 0 Å². The van der Waals surface area contributed by atoms with Gasteiger partial charge in [0.2, 0.25) is 0 Å². The van der Waals surface area contributed by atoms with Gasteiger partial charge < -0.3 is 19.5 Å². The minimum Gasteiger partial charge on any atom is -0.382 e. The summed E-state index contributed by atoms with van der Waals surface area (Å²) < 4.78 is 21.8. The quantitative estimate of drug-likeness (QED) is 0.259. The fourth-order valence-corrected chi connectivity index (χ4v) is 5.88. The lowest BCUT2D eigenvalue weighted by Gasteiger charge is -2.25. The molecule has 1 amide bonds. The zero-order valence-corrected chi connectivity index (χ0v) is 22.1. The fourth-order valence-electron chi connectivity index (χ4n) is 3.87. The SMILES string of the molecule is COC[C@@H](NC(=O)c1ccc(N=Nc2ccc(SC3CCCCC3)cc2)cc1)[C@@H](C)OP(C)(=O)O. The van der Waals surface area contributed by atoms with E-state index in [-0.39, 0.29) is 12.5 Å². The van der Waals surface area contributed by atoms with Gasteiger partial charge in [0.1, 0.15) is 0 Å². The van der Waals surface area contributed by atoms with E-state index in [2.05, 4.69) is 27.7 Å². The van der Waals surface area contributed by atoms with Crippen LogP contribution in [0.15, 0.2) is 63.7 Å². The second kappa shape index (κ2) is 13.3. The highest BCUT2D eigenvalue weighted by atomic mass is 32.2. The summed E-state index contributed by atoms with van der Waals surface area (Å²) in [7, 11) is -2.21. The maximum Gasteiger partial charge on any atom is 0.325 e. The van der Waals surface area contributed by atoms with Crippen molar-refractivity contribution >= 4 is 36.6 Å². The van der Waals surface area contributed by atoms with Gasteiger partial charge in [-0.3, -0.25) is 9.36 Å². The first-order valence-electron chi connectivity index (χ1n) is 11.8. The molecule has 0 bridgehead atoms. The van der Waals surface area contributed by atoms with Crippen molar-refractivity contribution in [2.75, 3.05) is 20.4 Å². The molecule has 190 valence electrons. The van der Waals surface area contributed by atoms with Gasteiger partial charge in [-0.15, -0.1) is 11.8 Å². The first-order chi connectivity index (χ1) is 16.7. The molecule has 1 aliphatic rings. The minimum atomic E-state index is -3.70. The molecule has 0 spiro atoms. The van der Waals surface area contributed by atoms with Crippen LogP contribution in [0.1, 0.15) is 49.4 Å². The Morgan fingerprint density at radius 1 is 1.09 bits per heavy atom. The molecule has 0 aromatic heterocycles. The standard InChI is InChI=1S/C25H34N3O5PS/c1-18(33-34(3,30)31)24(17-32-2)26-25(29)19-9-11-20(12-10-19)27-28-21-13-15-23(16-14-21)35-22-7-5-4-6-8-22/h9-16,18,22,24H,4-8,17H2,1-3H3,(H,26,29)(H,30,31)/t18-,24-/m1/s1. The third-order valence-electron chi connectivity index (χ3n) is 5.69. The Hall–Kier alpha value is -2.03. The number of nitrogens with one attached hydrogen (secondary N) is 1. The topological polar surface area (TPSA) is 110 Å². The van der Waals surface area contributed by atoms with Gasteiger partial charge in [0.25, 0.3) is 5.91 Å². The van der Waals surface area contributed by atoms with Gasteiger partial charge in [-0.1, -0.05) is 19.3 Å². The summed E-state index contributed by atoms with van der Waals surface area (Å²) in [6.45, 7) is 2.85. The number of thioether (sulfide) groups is 1. The molecule has 8 nitrogen and oxygen atoms in total. The number of amides is 1. The van der Waals surface area contributed by atoms with Gasteiger partial charge in [-0.2, -0.15) is 10.2 Å². The molecule has 0 aliphatic heterocycles. The highest BCUT2D eigenvalue weighted by Gasteiger charge is 2.26. The average Bonchev–Trinajstić information content (AvgIpc) is 2.83. The van der Waals surface area contributed by atoms with E-state index in [0.29, 0.717) is 11.3 Å². The van der Waals surface area contributed by atoms with Crippen LogP contribution in [-0.2, 0) is 13.8 Å². The molecule has 2 aromatic rings. The Bertz CT molecular complexity index is 1020. The molecule has 10 heteroatoms. The predicted molar refractivity (Wildman–Crippen MR) is 139 cm³/mol. The number of ether oxygens (including phenoxy) is 1. The zero-order chi connectivity index (χ0) is 25.3. The molecule has 0 saturated heterocycles. The normalized spacial score (nSPS) is 18.2. The second-order valence-electron chi connectivity index (χ2n) is 8.77. The summed E-state index contributed by atoms with van der Waals surface area (Å²) in [4.78, 5) is 23.4. The van der Waals surface area contributed by atoms with Crippen molar-refractivity contribution in [3.63, 3.8) is 0 Å². The third kappa shape index (κ3) is 9.50. The van der Waals surface area contributed by atoms with Crippen molar-refractivity contribution in [1.29, 1.82) is 0 Å². The molecule has 3 rings (SSSR count). The first kappa shape index (κ1) is 27.6. The van der Waals surface area contributed by atoms with Crippen LogP contribution in [0.3, 0.4) is 0 Å². The van der Waals surface area contributed by atoms with E-state index in [0.717, 1.165) is 17.6 Å². The van der Waals surface area contributed by atoms with Gasteiger partial charge in [0.05, 0.1) is 30.1 Å². The number of benzene rings is 2. The Kier molecular flexibility index (Phi) is 10.5. The van der Waals surface area contributed by atoms with Gasteiger partial charge in [0, 0.05) is 29.5 Å². The largest absolute Gasteiger partial charge is 0.382 e. The zero-order valence-electron chi connectivity index (χ0n) is 20.4. The highest BCUT2D eigenvalue weighted by Crippen LogP contribution is 2.39. The van der Waals surface area contributed by atoms with Crippen molar-refractivity contribution in [3.8, 4) is 0 Å². The fraction of sp³-hybridized carbons (Fsp3) is 0.480. The molecular weight excluding hydrogens is 485 g/mol. The second-order valence-corrected chi connectivity index (χ2v) is 12.0.